The normalized spacial score (nSPS) is 11.0. The second-order valence-corrected chi connectivity index (χ2v) is 5.33. The molecule has 1 heterocycles. The van der Waals surface area contributed by atoms with Crippen LogP contribution >= 0.6 is 11.6 Å². The van der Waals surface area contributed by atoms with Gasteiger partial charge < -0.3 is 9.88 Å². The van der Waals surface area contributed by atoms with E-state index in [1.807, 2.05) is 36.4 Å². The molecular weight excluding hydrogens is 282 g/mol. The zero-order valence-electron chi connectivity index (χ0n) is 12.0. The molecule has 108 valence electrons. The van der Waals surface area contributed by atoms with Crippen LogP contribution in [0.5, 0.6) is 0 Å². The third-order valence-corrected chi connectivity index (χ3v) is 3.87. The van der Waals surface area contributed by atoms with Crippen LogP contribution < -0.4 is 5.32 Å². The van der Waals surface area contributed by atoms with Crippen molar-refractivity contribution >= 4 is 28.3 Å². The van der Waals surface area contributed by atoms with Crippen LogP contribution in [0.15, 0.2) is 48.5 Å². The lowest BCUT2D eigenvalue weighted by Crippen LogP contribution is -2.10. The molecule has 3 nitrogen and oxygen atoms in total. The minimum absolute atomic E-state index is 0.768. The molecule has 0 spiro atoms. The van der Waals surface area contributed by atoms with Gasteiger partial charge in [-0.15, -0.1) is 0 Å². The monoisotopic (exact) mass is 299 g/mol. The average molecular weight is 300 g/mol. The number of para-hydroxylation sites is 2. The molecule has 3 rings (SSSR count). The van der Waals surface area contributed by atoms with Crippen molar-refractivity contribution in [3.05, 3.63) is 59.4 Å². The van der Waals surface area contributed by atoms with Gasteiger partial charge in [0, 0.05) is 25.2 Å². The van der Waals surface area contributed by atoms with Crippen LogP contribution in [0.2, 0.25) is 5.02 Å². The number of nitrogens with one attached hydrogen (secondary N) is 1. The van der Waals surface area contributed by atoms with Gasteiger partial charge in [0.2, 0.25) is 0 Å². The third kappa shape index (κ3) is 2.88. The molecule has 21 heavy (non-hydrogen) atoms. The van der Waals surface area contributed by atoms with Crippen LogP contribution in [0.4, 0.5) is 5.69 Å². The molecular formula is C17H18ClN3. The molecule has 0 radical (unpaired) electrons. The number of anilines is 1. The summed E-state index contributed by atoms with van der Waals surface area (Å²) in [4.78, 5) is 4.71. The second-order valence-electron chi connectivity index (χ2n) is 4.92. The molecule has 0 fully saturated rings. The summed E-state index contributed by atoms with van der Waals surface area (Å²) >= 11 is 6.31. The van der Waals surface area contributed by atoms with Crippen LogP contribution in [0, 0.1) is 0 Å². The van der Waals surface area contributed by atoms with Crippen LogP contribution in [-0.2, 0) is 13.0 Å². The Morgan fingerprint density at radius 3 is 2.67 bits per heavy atom. The standard InChI is InChI=1S/C17H18ClN3/c1-2-21-16(11-12-19-13-7-4-3-5-8-13)20-15-10-6-9-14(18)17(15)21/h3-10,19H,2,11-12H2,1H3. The van der Waals surface area contributed by atoms with Crippen molar-refractivity contribution in [1.29, 1.82) is 0 Å². The van der Waals surface area contributed by atoms with E-state index in [1.165, 1.54) is 0 Å². The van der Waals surface area contributed by atoms with E-state index in [-0.39, 0.29) is 0 Å². The Morgan fingerprint density at radius 2 is 1.90 bits per heavy atom. The van der Waals surface area contributed by atoms with E-state index < -0.39 is 0 Å². The van der Waals surface area contributed by atoms with Gasteiger partial charge in [-0.2, -0.15) is 0 Å². The molecule has 0 saturated carbocycles. The number of aryl methyl sites for hydroxylation is 1. The molecule has 2 aromatic carbocycles. The quantitative estimate of drug-likeness (QED) is 0.758. The van der Waals surface area contributed by atoms with E-state index in [9.17, 15) is 0 Å². The van der Waals surface area contributed by atoms with Gasteiger partial charge in [-0.25, -0.2) is 4.98 Å². The maximum absolute atomic E-state index is 6.31. The Morgan fingerprint density at radius 1 is 1.10 bits per heavy atom. The number of halogens is 1. The van der Waals surface area contributed by atoms with Crippen molar-refractivity contribution in [2.75, 3.05) is 11.9 Å². The van der Waals surface area contributed by atoms with E-state index >= 15 is 0 Å². The van der Waals surface area contributed by atoms with Gasteiger partial charge >= 0.3 is 0 Å². The Kier molecular flexibility index (Phi) is 4.11. The van der Waals surface area contributed by atoms with Gasteiger partial charge in [0.15, 0.2) is 0 Å². The number of nitrogens with zero attached hydrogens (tertiary/aromatic N) is 2. The molecule has 3 aromatic rings. The summed E-state index contributed by atoms with van der Waals surface area (Å²) in [6, 6.07) is 16.1. The number of benzene rings is 2. The smallest absolute Gasteiger partial charge is 0.111 e. The number of rotatable bonds is 5. The Bertz CT molecular complexity index is 734. The SMILES string of the molecule is CCn1c(CCNc2ccccc2)nc2cccc(Cl)c21. The molecule has 0 saturated heterocycles. The van der Waals surface area contributed by atoms with Crippen molar-refractivity contribution in [1.82, 2.24) is 9.55 Å². The van der Waals surface area contributed by atoms with Crippen molar-refractivity contribution in [3.8, 4) is 0 Å². The largest absolute Gasteiger partial charge is 0.385 e. The molecule has 0 aliphatic carbocycles. The van der Waals surface area contributed by atoms with Crippen molar-refractivity contribution in [2.45, 2.75) is 19.9 Å². The third-order valence-electron chi connectivity index (χ3n) is 3.56. The van der Waals surface area contributed by atoms with Gasteiger partial charge in [-0.1, -0.05) is 35.9 Å². The zero-order valence-corrected chi connectivity index (χ0v) is 12.8. The molecule has 0 bridgehead atoms. The summed E-state index contributed by atoms with van der Waals surface area (Å²) in [5, 5.41) is 4.18. The van der Waals surface area contributed by atoms with Gasteiger partial charge in [0.25, 0.3) is 0 Å². The summed E-state index contributed by atoms with van der Waals surface area (Å²) in [6.45, 7) is 3.85. The van der Waals surface area contributed by atoms with Crippen LogP contribution in [-0.4, -0.2) is 16.1 Å². The molecule has 1 aromatic heterocycles. The minimum atomic E-state index is 0.768. The summed E-state index contributed by atoms with van der Waals surface area (Å²) in [5.74, 6) is 1.07. The first kappa shape index (κ1) is 14.0. The lowest BCUT2D eigenvalue weighted by molar-refractivity contribution is 0.717. The molecule has 4 heteroatoms. The molecule has 0 amide bonds. The van der Waals surface area contributed by atoms with E-state index in [4.69, 9.17) is 16.6 Å². The molecule has 0 atom stereocenters. The van der Waals surface area contributed by atoms with Crippen molar-refractivity contribution in [2.24, 2.45) is 0 Å². The number of hydrogen-bond donors (Lipinski definition) is 1. The number of aromatic nitrogens is 2. The maximum Gasteiger partial charge on any atom is 0.111 e. The first-order valence-electron chi connectivity index (χ1n) is 7.22. The molecule has 0 aliphatic heterocycles. The Hall–Kier alpha value is -2.00. The van der Waals surface area contributed by atoms with E-state index in [0.717, 1.165) is 47.1 Å². The summed E-state index contributed by atoms with van der Waals surface area (Å²) < 4.78 is 2.20. The van der Waals surface area contributed by atoms with Gasteiger partial charge in [0.1, 0.15) is 5.82 Å². The van der Waals surface area contributed by atoms with E-state index in [1.54, 1.807) is 0 Å². The topological polar surface area (TPSA) is 29.9 Å². The van der Waals surface area contributed by atoms with E-state index in [2.05, 4.69) is 28.9 Å². The molecule has 1 N–H and O–H groups in total. The van der Waals surface area contributed by atoms with Crippen molar-refractivity contribution < 1.29 is 0 Å². The van der Waals surface area contributed by atoms with Gasteiger partial charge in [-0.3, -0.25) is 0 Å². The van der Waals surface area contributed by atoms with Gasteiger partial charge in [0.05, 0.1) is 16.1 Å². The Labute approximate surface area is 129 Å². The predicted molar refractivity (Wildman–Crippen MR) is 89.1 cm³/mol. The summed E-state index contributed by atoms with van der Waals surface area (Å²) in [6.07, 6.45) is 0.869. The summed E-state index contributed by atoms with van der Waals surface area (Å²) in [7, 11) is 0. The predicted octanol–water partition coefficient (Wildman–Crippen LogP) is 4.36. The van der Waals surface area contributed by atoms with Crippen LogP contribution in [0.3, 0.4) is 0 Å². The number of imidazole rings is 1. The average Bonchev–Trinajstić information content (AvgIpc) is 2.87. The molecule has 0 aliphatic rings. The highest BCUT2D eigenvalue weighted by Gasteiger charge is 2.11. The fraction of sp³-hybridized carbons (Fsp3) is 0.235. The summed E-state index contributed by atoms with van der Waals surface area (Å²) in [5.41, 5.74) is 3.14. The Balaban J connectivity index is 1.79. The second kappa shape index (κ2) is 6.19. The van der Waals surface area contributed by atoms with Crippen LogP contribution in [0.1, 0.15) is 12.7 Å². The van der Waals surface area contributed by atoms with Gasteiger partial charge in [-0.05, 0) is 31.2 Å². The van der Waals surface area contributed by atoms with E-state index in [0.29, 0.717) is 0 Å². The highest BCUT2D eigenvalue weighted by Crippen LogP contribution is 2.24. The fourth-order valence-electron chi connectivity index (χ4n) is 2.60. The maximum atomic E-state index is 6.31. The van der Waals surface area contributed by atoms with Crippen molar-refractivity contribution in [3.63, 3.8) is 0 Å². The highest BCUT2D eigenvalue weighted by molar-refractivity contribution is 6.35. The first-order valence-corrected chi connectivity index (χ1v) is 7.60. The van der Waals surface area contributed by atoms with Crippen LogP contribution in [0.25, 0.3) is 11.0 Å². The lowest BCUT2D eigenvalue weighted by atomic mass is 10.3. The number of hydrogen-bond acceptors (Lipinski definition) is 2. The minimum Gasteiger partial charge on any atom is -0.385 e. The number of fused-ring (bicyclic) bond motifs is 1. The lowest BCUT2D eigenvalue weighted by Gasteiger charge is -2.08. The highest BCUT2D eigenvalue weighted by atomic mass is 35.5. The zero-order chi connectivity index (χ0) is 14.7. The fourth-order valence-corrected chi connectivity index (χ4v) is 2.87. The molecule has 0 unspecified atom stereocenters. The first-order chi connectivity index (χ1) is 10.3.